The van der Waals surface area contributed by atoms with Crippen LogP contribution in [-0.2, 0) is 0 Å². The van der Waals surface area contributed by atoms with Gasteiger partial charge in [0.05, 0.1) is 13.2 Å². The summed E-state index contributed by atoms with van der Waals surface area (Å²) in [6, 6.07) is 9.21. The van der Waals surface area contributed by atoms with Gasteiger partial charge in [0.1, 0.15) is 0 Å². The molecule has 0 aliphatic carbocycles. The highest BCUT2D eigenvalue weighted by Gasteiger charge is 2.30. The van der Waals surface area contributed by atoms with E-state index in [0.717, 1.165) is 0 Å². The summed E-state index contributed by atoms with van der Waals surface area (Å²) in [5.41, 5.74) is 0.145. The second-order valence-electron chi connectivity index (χ2n) is 5.30. The molecule has 1 aromatic carbocycles. The highest BCUT2D eigenvalue weighted by molar-refractivity contribution is 6.00. The van der Waals surface area contributed by atoms with Gasteiger partial charge in [-0.15, -0.1) is 0 Å². The molecule has 0 aliphatic rings. The van der Waals surface area contributed by atoms with E-state index in [1.165, 1.54) is 0 Å². The van der Waals surface area contributed by atoms with Crippen molar-refractivity contribution in [2.45, 2.75) is 13.8 Å². The maximum atomic E-state index is 12.5. The zero-order chi connectivity index (χ0) is 14.3. The molecule has 0 saturated heterocycles. The van der Waals surface area contributed by atoms with E-state index in [4.69, 9.17) is 10.2 Å². The minimum absolute atomic E-state index is 0.0234. The van der Waals surface area contributed by atoms with E-state index in [1.807, 2.05) is 49.1 Å². The van der Waals surface area contributed by atoms with Gasteiger partial charge in [-0.05, 0) is 0 Å². The number of nitrogens with zero attached hydrogens (tertiary/aromatic N) is 1. The molecule has 0 aliphatic heterocycles. The minimum Gasteiger partial charge on any atom is -0.395 e. The van der Waals surface area contributed by atoms with E-state index in [-0.39, 0.29) is 19.0 Å². The molecule has 0 bridgehead atoms. The lowest BCUT2D eigenvalue weighted by Gasteiger charge is -2.31. The molecular weight excluding hydrogens is 242 g/mol. The molecule has 0 saturated carbocycles. The maximum Gasteiger partial charge on any atom is 0.169 e. The fourth-order valence-corrected chi connectivity index (χ4v) is 2.16. The first-order chi connectivity index (χ1) is 9.01. The van der Waals surface area contributed by atoms with E-state index in [1.54, 1.807) is 0 Å². The van der Waals surface area contributed by atoms with Crippen LogP contribution in [0.3, 0.4) is 0 Å². The average molecular weight is 265 g/mol. The van der Waals surface area contributed by atoms with Crippen LogP contribution >= 0.6 is 0 Å². The van der Waals surface area contributed by atoms with Crippen molar-refractivity contribution in [1.82, 2.24) is 4.90 Å². The lowest BCUT2D eigenvalue weighted by molar-refractivity contribution is 0.0714. The Balaban J connectivity index is 2.76. The Labute approximate surface area is 114 Å². The van der Waals surface area contributed by atoms with Crippen LogP contribution in [0.25, 0.3) is 0 Å². The molecule has 4 heteroatoms. The monoisotopic (exact) mass is 265 g/mol. The minimum atomic E-state index is -0.550. The van der Waals surface area contributed by atoms with Gasteiger partial charge in [-0.2, -0.15) is 0 Å². The third kappa shape index (κ3) is 4.74. The van der Waals surface area contributed by atoms with Crippen LogP contribution in [0.2, 0.25) is 0 Å². The maximum absolute atomic E-state index is 12.5. The molecule has 1 rings (SSSR count). The molecule has 0 aromatic heterocycles. The highest BCUT2D eigenvalue weighted by atomic mass is 16.3. The van der Waals surface area contributed by atoms with Crippen molar-refractivity contribution in [2.75, 3.05) is 32.8 Å². The summed E-state index contributed by atoms with van der Waals surface area (Å²) in [4.78, 5) is 14.4. The number of aliphatic hydroxyl groups is 2. The summed E-state index contributed by atoms with van der Waals surface area (Å²) in [6.45, 7) is 5.28. The Morgan fingerprint density at radius 3 is 2.11 bits per heavy atom. The number of carbonyl (C=O) groups is 1. The van der Waals surface area contributed by atoms with Gasteiger partial charge >= 0.3 is 0 Å². The molecule has 0 heterocycles. The topological polar surface area (TPSA) is 60.8 Å². The normalized spacial score (nSPS) is 11.8. The van der Waals surface area contributed by atoms with E-state index < -0.39 is 5.41 Å². The molecule has 0 unspecified atom stereocenters. The van der Waals surface area contributed by atoms with E-state index >= 15 is 0 Å². The largest absolute Gasteiger partial charge is 0.395 e. The number of ketones is 1. The van der Waals surface area contributed by atoms with Crippen LogP contribution in [0.5, 0.6) is 0 Å². The average Bonchev–Trinajstić information content (AvgIpc) is 2.39. The van der Waals surface area contributed by atoms with Crippen molar-refractivity contribution >= 4 is 5.78 Å². The number of hydrogen-bond donors (Lipinski definition) is 2. The first-order valence-corrected chi connectivity index (χ1v) is 6.55. The van der Waals surface area contributed by atoms with Gasteiger partial charge in [0.15, 0.2) is 5.78 Å². The van der Waals surface area contributed by atoms with Crippen LogP contribution in [0.15, 0.2) is 30.3 Å². The van der Waals surface area contributed by atoms with E-state index in [2.05, 4.69) is 0 Å². The van der Waals surface area contributed by atoms with Gasteiger partial charge in [-0.3, -0.25) is 9.69 Å². The van der Waals surface area contributed by atoms with E-state index in [0.29, 0.717) is 25.2 Å². The van der Waals surface area contributed by atoms with Gasteiger partial charge in [0.25, 0.3) is 0 Å². The molecule has 2 N–H and O–H groups in total. The predicted octanol–water partition coefficient (Wildman–Crippen LogP) is 1.18. The van der Waals surface area contributed by atoms with Crippen molar-refractivity contribution in [3.8, 4) is 0 Å². The Bertz CT molecular complexity index is 384. The van der Waals surface area contributed by atoms with Gasteiger partial charge in [0, 0.05) is 30.6 Å². The molecule has 0 radical (unpaired) electrons. The first-order valence-electron chi connectivity index (χ1n) is 6.55. The Hall–Kier alpha value is -1.23. The van der Waals surface area contributed by atoms with E-state index in [9.17, 15) is 4.79 Å². The zero-order valence-corrected chi connectivity index (χ0v) is 11.7. The molecular formula is C15H23NO3. The third-order valence-corrected chi connectivity index (χ3v) is 3.10. The molecule has 4 nitrogen and oxygen atoms in total. The number of benzene rings is 1. The second-order valence-corrected chi connectivity index (χ2v) is 5.30. The van der Waals surface area contributed by atoms with Crippen LogP contribution in [0.4, 0.5) is 0 Å². The molecule has 0 spiro atoms. The molecule has 0 amide bonds. The van der Waals surface area contributed by atoms with Crippen LogP contribution in [0, 0.1) is 5.41 Å². The fraction of sp³-hybridized carbons (Fsp3) is 0.533. The van der Waals surface area contributed by atoms with Gasteiger partial charge < -0.3 is 10.2 Å². The third-order valence-electron chi connectivity index (χ3n) is 3.10. The summed E-state index contributed by atoms with van der Waals surface area (Å²) in [7, 11) is 0. The lowest BCUT2D eigenvalue weighted by Crippen LogP contribution is -2.41. The first kappa shape index (κ1) is 15.8. The summed E-state index contributed by atoms with van der Waals surface area (Å²) in [6.07, 6.45) is 0. The molecule has 19 heavy (non-hydrogen) atoms. The van der Waals surface area contributed by atoms with Crippen molar-refractivity contribution in [1.29, 1.82) is 0 Å². The van der Waals surface area contributed by atoms with Gasteiger partial charge in [-0.1, -0.05) is 44.2 Å². The second kappa shape index (κ2) is 7.38. The molecule has 0 fully saturated rings. The molecule has 106 valence electrons. The smallest absolute Gasteiger partial charge is 0.169 e. The summed E-state index contributed by atoms with van der Waals surface area (Å²) >= 11 is 0. The molecule has 0 atom stereocenters. The Kier molecular flexibility index (Phi) is 6.15. The standard InChI is InChI=1S/C15H23NO3/c1-15(2,12-16(8-10-17)9-11-18)14(19)13-6-4-3-5-7-13/h3-7,17-18H,8-12H2,1-2H3. The summed E-state index contributed by atoms with van der Waals surface area (Å²) < 4.78 is 0. The van der Waals surface area contributed by atoms with Crippen LogP contribution in [0.1, 0.15) is 24.2 Å². The Morgan fingerprint density at radius 1 is 1.11 bits per heavy atom. The lowest BCUT2D eigenvalue weighted by atomic mass is 9.83. The SMILES string of the molecule is CC(C)(CN(CCO)CCO)C(=O)c1ccccc1. The van der Waals surface area contributed by atoms with Crippen molar-refractivity contribution in [3.05, 3.63) is 35.9 Å². The number of aliphatic hydroxyl groups excluding tert-OH is 2. The Morgan fingerprint density at radius 2 is 1.63 bits per heavy atom. The van der Waals surface area contributed by atoms with Gasteiger partial charge in [0.2, 0.25) is 0 Å². The molecule has 1 aromatic rings. The highest BCUT2D eigenvalue weighted by Crippen LogP contribution is 2.23. The fourth-order valence-electron chi connectivity index (χ4n) is 2.16. The summed E-state index contributed by atoms with van der Waals surface area (Å²) in [5.74, 6) is 0.0778. The number of carbonyl (C=O) groups excluding carboxylic acids is 1. The predicted molar refractivity (Wildman–Crippen MR) is 75.2 cm³/mol. The van der Waals surface area contributed by atoms with Crippen molar-refractivity contribution in [2.24, 2.45) is 5.41 Å². The van der Waals surface area contributed by atoms with Crippen LogP contribution in [-0.4, -0.2) is 53.7 Å². The zero-order valence-electron chi connectivity index (χ0n) is 11.7. The van der Waals surface area contributed by atoms with Crippen molar-refractivity contribution in [3.63, 3.8) is 0 Å². The summed E-state index contributed by atoms with van der Waals surface area (Å²) in [5, 5.41) is 18.0. The van der Waals surface area contributed by atoms with Gasteiger partial charge in [-0.25, -0.2) is 0 Å². The quantitative estimate of drug-likeness (QED) is 0.693. The van der Waals surface area contributed by atoms with Crippen LogP contribution < -0.4 is 0 Å². The van der Waals surface area contributed by atoms with Crippen molar-refractivity contribution < 1.29 is 15.0 Å². The number of Topliss-reactive ketones (excluding diaryl/α,β-unsaturated/α-hetero) is 1. The number of rotatable bonds is 8. The number of hydrogen-bond acceptors (Lipinski definition) is 4.